The van der Waals surface area contributed by atoms with Crippen LogP contribution in [0.3, 0.4) is 0 Å². The molecule has 0 saturated carbocycles. The van der Waals surface area contributed by atoms with E-state index in [1.54, 1.807) is 0 Å². The summed E-state index contributed by atoms with van der Waals surface area (Å²) < 4.78 is 0. The second-order valence-electron chi connectivity index (χ2n) is 7.77. The summed E-state index contributed by atoms with van der Waals surface area (Å²) in [5.41, 5.74) is 0. The Morgan fingerprint density at radius 1 is 0.769 bits per heavy atom. The van der Waals surface area contributed by atoms with E-state index in [0.29, 0.717) is 12.8 Å². The van der Waals surface area contributed by atoms with Gasteiger partial charge in [-0.2, -0.15) is 0 Å². The molecule has 0 fully saturated rings. The first-order valence-electron chi connectivity index (χ1n) is 11.2. The molecule has 2 atom stereocenters. The number of amides is 1. The number of nitrogens with one attached hydrogen (secondary N) is 1. The Kier molecular flexibility index (Phi) is 18.7. The first-order chi connectivity index (χ1) is 12.6. The Morgan fingerprint density at radius 2 is 1.23 bits per heavy atom. The lowest BCUT2D eigenvalue weighted by Crippen LogP contribution is -2.42. The molecule has 0 heterocycles. The van der Waals surface area contributed by atoms with Gasteiger partial charge in [0.25, 0.3) is 0 Å². The summed E-state index contributed by atoms with van der Waals surface area (Å²) in [7, 11) is 0. The number of unbranched alkanes of at least 4 members (excludes halogenated alkanes) is 12. The van der Waals surface area contributed by atoms with Crippen LogP contribution in [0.15, 0.2) is 0 Å². The average molecular weight is 372 g/mol. The average Bonchev–Trinajstić information content (AvgIpc) is 2.62. The Bertz CT molecular complexity index is 310. The molecule has 0 aromatic rings. The zero-order valence-electron chi connectivity index (χ0n) is 17.5. The van der Waals surface area contributed by atoms with E-state index >= 15 is 0 Å². The maximum Gasteiger partial charge on any atom is 0.217 e. The van der Waals surface area contributed by atoms with Gasteiger partial charge in [0.15, 0.2) is 0 Å². The number of carbonyl (C=O) groups excluding carboxylic acids is 1. The molecule has 0 saturated heterocycles. The fourth-order valence-electron chi connectivity index (χ4n) is 3.51. The van der Waals surface area contributed by atoms with Gasteiger partial charge in [0.2, 0.25) is 5.91 Å². The molecule has 0 rings (SSSR count). The zero-order chi connectivity index (χ0) is 19.5. The highest BCUT2D eigenvalue weighted by Gasteiger charge is 2.19. The van der Waals surface area contributed by atoms with Crippen molar-refractivity contribution in [3.63, 3.8) is 0 Å². The second-order valence-corrected chi connectivity index (χ2v) is 7.77. The highest BCUT2D eigenvalue weighted by atomic mass is 16.3. The standard InChI is InChI=1S/C22H45NO3/c1-3-4-5-6-7-8-9-10-11-12-13-14-15-18-22(26)21(17-16-19-24)23-20(2)25/h21-22,24,26H,3-19H2,1-2H3,(H,23,25)/t21-,22+/m0/s1. The summed E-state index contributed by atoms with van der Waals surface area (Å²) >= 11 is 0. The fraction of sp³-hybridized carbons (Fsp3) is 0.955. The number of hydrogen-bond donors (Lipinski definition) is 3. The molecule has 1 amide bonds. The minimum Gasteiger partial charge on any atom is -0.396 e. The largest absolute Gasteiger partial charge is 0.396 e. The van der Waals surface area contributed by atoms with Crippen LogP contribution in [0.1, 0.15) is 117 Å². The van der Waals surface area contributed by atoms with Crippen molar-refractivity contribution in [2.45, 2.75) is 129 Å². The van der Waals surface area contributed by atoms with E-state index < -0.39 is 6.10 Å². The van der Waals surface area contributed by atoms with E-state index in [-0.39, 0.29) is 18.6 Å². The van der Waals surface area contributed by atoms with Crippen molar-refractivity contribution < 1.29 is 15.0 Å². The van der Waals surface area contributed by atoms with Crippen LogP contribution in [-0.4, -0.2) is 34.9 Å². The van der Waals surface area contributed by atoms with E-state index in [4.69, 9.17) is 5.11 Å². The third-order valence-corrected chi connectivity index (χ3v) is 5.13. The van der Waals surface area contributed by atoms with Crippen molar-refractivity contribution in [2.75, 3.05) is 6.61 Å². The molecule has 0 aliphatic carbocycles. The van der Waals surface area contributed by atoms with Crippen molar-refractivity contribution in [2.24, 2.45) is 0 Å². The van der Waals surface area contributed by atoms with E-state index in [0.717, 1.165) is 19.3 Å². The highest BCUT2D eigenvalue weighted by Crippen LogP contribution is 2.15. The van der Waals surface area contributed by atoms with Crippen LogP contribution in [-0.2, 0) is 4.79 Å². The number of rotatable bonds is 19. The van der Waals surface area contributed by atoms with E-state index in [2.05, 4.69) is 12.2 Å². The predicted octanol–water partition coefficient (Wildman–Crippen LogP) is 5.11. The monoisotopic (exact) mass is 371 g/mol. The van der Waals surface area contributed by atoms with Crippen LogP contribution in [0.25, 0.3) is 0 Å². The molecular formula is C22H45NO3. The van der Waals surface area contributed by atoms with Crippen LogP contribution in [0.5, 0.6) is 0 Å². The van der Waals surface area contributed by atoms with Gasteiger partial charge < -0.3 is 15.5 Å². The van der Waals surface area contributed by atoms with E-state index in [1.165, 1.54) is 77.6 Å². The number of aliphatic hydroxyl groups excluding tert-OH is 2. The molecule has 4 nitrogen and oxygen atoms in total. The summed E-state index contributed by atoms with van der Waals surface area (Å²) in [4.78, 5) is 11.2. The quantitative estimate of drug-likeness (QED) is 0.276. The zero-order valence-corrected chi connectivity index (χ0v) is 17.5. The molecule has 0 spiro atoms. The van der Waals surface area contributed by atoms with Gasteiger partial charge in [0.05, 0.1) is 12.1 Å². The van der Waals surface area contributed by atoms with Crippen LogP contribution < -0.4 is 5.32 Å². The smallest absolute Gasteiger partial charge is 0.217 e. The van der Waals surface area contributed by atoms with Crippen molar-refractivity contribution in [3.05, 3.63) is 0 Å². The maximum absolute atomic E-state index is 11.2. The lowest BCUT2D eigenvalue weighted by Gasteiger charge is -2.23. The lowest BCUT2D eigenvalue weighted by atomic mass is 9.99. The van der Waals surface area contributed by atoms with E-state index in [9.17, 15) is 9.90 Å². The van der Waals surface area contributed by atoms with E-state index in [1.807, 2.05) is 0 Å². The lowest BCUT2D eigenvalue weighted by molar-refractivity contribution is -0.120. The molecule has 0 unspecified atom stereocenters. The molecule has 0 aromatic heterocycles. The molecule has 26 heavy (non-hydrogen) atoms. The van der Waals surface area contributed by atoms with Gasteiger partial charge in [-0.25, -0.2) is 0 Å². The van der Waals surface area contributed by atoms with Gasteiger partial charge in [0, 0.05) is 13.5 Å². The molecule has 0 aliphatic rings. The van der Waals surface area contributed by atoms with Crippen molar-refractivity contribution in [3.8, 4) is 0 Å². The van der Waals surface area contributed by atoms with Gasteiger partial charge in [-0.15, -0.1) is 0 Å². The first kappa shape index (κ1) is 25.4. The summed E-state index contributed by atoms with van der Waals surface area (Å²) in [5.74, 6) is -0.114. The van der Waals surface area contributed by atoms with Crippen molar-refractivity contribution in [1.29, 1.82) is 0 Å². The van der Waals surface area contributed by atoms with Crippen LogP contribution in [0.4, 0.5) is 0 Å². The Hall–Kier alpha value is -0.610. The summed E-state index contributed by atoms with van der Waals surface area (Å²) in [6, 6.07) is -0.225. The van der Waals surface area contributed by atoms with Crippen molar-refractivity contribution >= 4 is 5.91 Å². The maximum atomic E-state index is 11.2. The van der Waals surface area contributed by atoms with Gasteiger partial charge >= 0.3 is 0 Å². The topological polar surface area (TPSA) is 69.6 Å². The molecule has 156 valence electrons. The molecule has 0 aromatic carbocycles. The molecule has 0 aliphatic heterocycles. The third kappa shape index (κ3) is 16.8. The molecular weight excluding hydrogens is 326 g/mol. The predicted molar refractivity (Wildman–Crippen MR) is 110 cm³/mol. The SMILES string of the molecule is CCCCCCCCCCCCCCC[C@@H](O)[C@H](CCCO)NC(C)=O. The number of aliphatic hydroxyl groups is 2. The van der Waals surface area contributed by atoms with Crippen molar-refractivity contribution in [1.82, 2.24) is 5.32 Å². The van der Waals surface area contributed by atoms with Gasteiger partial charge in [0.1, 0.15) is 0 Å². The number of carbonyl (C=O) groups is 1. The molecule has 4 heteroatoms. The Balaban J connectivity index is 3.50. The fourth-order valence-corrected chi connectivity index (χ4v) is 3.51. The first-order valence-corrected chi connectivity index (χ1v) is 11.2. The van der Waals surface area contributed by atoms with Gasteiger partial charge in [-0.05, 0) is 19.3 Å². The molecule has 3 N–H and O–H groups in total. The molecule has 0 bridgehead atoms. The van der Waals surface area contributed by atoms with Gasteiger partial charge in [-0.1, -0.05) is 90.4 Å². The number of hydrogen-bond acceptors (Lipinski definition) is 3. The Morgan fingerprint density at radius 3 is 1.65 bits per heavy atom. The summed E-state index contributed by atoms with van der Waals surface area (Å²) in [6.45, 7) is 3.84. The minimum absolute atomic E-state index is 0.0988. The normalized spacial score (nSPS) is 13.5. The van der Waals surface area contributed by atoms with Crippen LogP contribution in [0.2, 0.25) is 0 Å². The second kappa shape index (κ2) is 19.2. The van der Waals surface area contributed by atoms with Gasteiger partial charge in [-0.3, -0.25) is 4.79 Å². The highest BCUT2D eigenvalue weighted by molar-refractivity contribution is 5.73. The summed E-state index contributed by atoms with van der Waals surface area (Å²) in [6.07, 6.45) is 18.6. The third-order valence-electron chi connectivity index (χ3n) is 5.13. The minimum atomic E-state index is -0.502. The molecule has 0 radical (unpaired) electrons. The van der Waals surface area contributed by atoms with Crippen LogP contribution in [0, 0.1) is 0 Å². The summed E-state index contributed by atoms with van der Waals surface area (Å²) in [5, 5.41) is 22.0. The Labute approximate surface area is 162 Å². The van der Waals surface area contributed by atoms with Crippen LogP contribution >= 0.6 is 0 Å².